The molecule has 0 spiro atoms. The quantitative estimate of drug-likeness (QED) is 0.592. The van der Waals surface area contributed by atoms with E-state index in [-0.39, 0.29) is 0 Å². The average Bonchev–Trinajstić information content (AvgIpc) is 3.02. The fourth-order valence-electron chi connectivity index (χ4n) is 2.04. The van der Waals surface area contributed by atoms with Crippen LogP contribution in [0.2, 0.25) is 5.02 Å². The van der Waals surface area contributed by atoms with Crippen molar-refractivity contribution < 1.29 is 0 Å². The summed E-state index contributed by atoms with van der Waals surface area (Å²) in [5, 5.41) is 10.7. The number of halogens is 1. The van der Waals surface area contributed by atoms with Crippen molar-refractivity contribution in [3.63, 3.8) is 0 Å². The highest BCUT2D eigenvalue weighted by Gasteiger charge is 2.02. The van der Waals surface area contributed by atoms with Crippen LogP contribution in [-0.2, 0) is 19.4 Å². The summed E-state index contributed by atoms with van der Waals surface area (Å²) in [6, 6.07) is 7.77. The number of guanidine groups is 1. The molecule has 0 bridgehead atoms. The Kier molecular flexibility index (Phi) is 7.36. The van der Waals surface area contributed by atoms with Gasteiger partial charge in [0.25, 0.3) is 0 Å². The number of thiazole rings is 1. The molecule has 2 N–H and O–H groups in total. The van der Waals surface area contributed by atoms with Gasteiger partial charge in [-0.15, -0.1) is 11.3 Å². The molecular weight excluding hydrogens is 328 g/mol. The summed E-state index contributed by atoms with van der Waals surface area (Å²) in [6.45, 7) is 6.48. The van der Waals surface area contributed by atoms with Crippen molar-refractivity contribution in [2.75, 3.05) is 13.1 Å². The second-order valence-electron chi connectivity index (χ2n) is 5.08. The molecule has 1 aromatic carbocycles. The molecule has 0 unspecified atom stereocenters. The third-order valence-electron chi connectivity index (χ3n) is 3.25. The maximum absolute atomic E-state index is 5.90. The van der Waals surface area contributed by atoms with Gasteiger partial charge in [-0.3, -0.25) is 0 Å². The molecule has 1 aromatic heterocycles. The van der Waals surface area contributed by atoms with Gasteiger partial charge in [0.2, 0.25) is 0 Å². The lowest BCUT2D eigenvalue weighted by Gasteiger charge is -2.10. The van der Waals surface area contributed by atoms with E-state index in [0.29, 0.717) is 6.54 Å². The Bertz CT molecular complexity index is 622. The predicted molar refractivity (Wildman–Crippen MR) is 99.5 cm³/mol. The smallest absolute Gasteiger partial charge is 0.191 e. The molecule has 0 aliphatic carbocycles. The molecule has 6 heteroatoms. The van der Waals surface area contributed by atoms with Crippen LogP contribution in [0.1, 0.15) is 30.1 Å². The van der Waals surface area contributed by atoms with E-state index < -0.39 is 0 Å². The third kappa shape index (κ3) is 6.20. The first-order valence-corrected chi connectivity index (χ1v) is 9.17. The molecule has 2 rings (SSSR count). The van der Waals surface area contributed by atoms with Crippen molar-refractivity contribution in [2.45, 2.75) is 33.2 Å². The number of hydrogen-bond donors (Lipinski definition) is 2. The van der Waals surface area contributed by atoms with E-state index >= 15 is 0 Å². The Morgan fingerprint density at radius 1 is 1.22 bits per heavy atom. The van der Waals surface area contributed by atoms with Crippen LogP contribution in [0.3, 0.4) is 0 Å². The van der Waals surface area contributed by atoms with E-state index in [0.717, 1.165) is 48.2 Å². The van der Waals surface area contributed by atoms with Crippen LogP contribution in [-0.4, -0.2) is 24.0 Å². The van der Waals surface area contributed by atoms with Gasteiger partial charge in [-0.05, 0) is 31.0 Å². The molecule has 23 heavy (non-hydrogen) atoms. The highest BCUT2D eigenvalue weighted by Crippen LogP contribution is 2.11. The molecule has 0 aliphatic heterocycles. The minimum atomic E-state index is 0.628. The van der Waals surface area contributed by atoms with E-state index in [4.69, 9.17) is 11.6 Å². The topological polar surface area (TPSA) is 49.3 Å². The molecule has 0 amide bonds. The summed E-state index contributed by atoms with van der Waals surface area (Å²) in [5.41, 5.74) is 2.28. The third-order valence-corrected chi connectivity index (χ3v) is 4.55. The van der Waals surface area contributed by atoms with Crippen LogP contribution < -0.4 is 10.6 Å². The number of hydrogen-bond acceptors (Lipinski definition) is 3. The van der Waals surface area contributed by atoms with Gasteiger partial charge in [0.15, 0.2) is 5.96 Å². The molecule has 4 nitrogen and oxygen atoms in total. The number of nitrogens with zero attached hydrogens (tertiary/aromatic N) is 2. The Morgan fingerprint density at radius 3 is 2.65 bits per heavy atom. The van der Waals surface area contributed by atoms with E-state index in [1.54, 1.807) is 11.3 Å². The van der Waals surface area contributed by atoms with Crippen LogP contribution >= 0.6 is 22.9 Å². The zero-order valence-electron chi connectivity index (χ0n) is 13.6. The lowest BCUT2D eigenvalue weighted by molar-refractivity contribution is 0.789. The second-order valence-corrected chi connectivity index (χ2v) is 6.46. The summed E-state index contributed by atoms with van der Waals surface area (Å²) in [4.78, 5) is 9.18. The van der Waals surface area contributed by atoms with E-state index in [1.807, 2.05) is 24.3 Å². The fraction of sp³-hybridized carbons (Fsp3) is 0.412. The molecule has 0 atom stereocenters. The summed E-state index contributed by atoms with van der Waals surface area (Å²) in [7, 11) is 0. The van der Waals surface area contributed by atoms with Crippen molar-refractivity contribution in [3.05, 3.63) is 50.9 Å². The average molecular weight is 351 g/mol. The van der Waals surface area contributed by atoms with Gasteiger partial charge in [-0.1, -0.05) is 30.7 Å². The van der Waals surface area contributed by atoms with Crippen molar-refractivity contribution in [1.82, 2.24) is 15.6 Å². The van der Waals surface area contributed by atoms with E-state index in [2.05, 4.69) is 39.8 Å². The first kappa shape index (κ1) is 17.8. The summed E-state index contributed by atoms with van der Waals surface area (Å²) >= 11 is 7.63. The molecule has 0 aliphatic rings. The maximum Gasteiger partial charge on any atom is 0.191 e. The van der Waals surface area contributed by atoms with E-state index in [9.17, 15) is 0 Å². The zero-order valence-corrected chi connectivity index (χ0v) is 15.2. The Balaban J connectivity index is 1.84. The van der Waals surface area contributed by atoms with Gasteiger partial charge in [-0.2, -0.15) is 0 Å². The Labute approximate surface area is 147 Å². The monoisotopic (exact) mass is 350 g/mol. The first-order valence-electron chi connectivity index (χ1n) is 7.91. The highest BCUT2D eigenvalue weighted by molar-refractivity contribution is 7.09. The lowest BCUT2D eigenvalue weighted by Crippen LogP contribution is -2.38. The molecule has 0 fully saturated rings. The number of rotatable bonds is 7. The standard InChI is InChI=1S/C17H23ClN4S/c1-3-16-22-15(12-23-16)9-10-20-17(19-4-2)21-11-13-5-7-14(18)8-6-13/h5-8,12H,3-4,9-11H2,1-2H3,(H2,19,20,21). The number of nitrogens with one attached hydrogen (secondary N) is 2. The summed E-state index contributed by atoms with van der Waals surface area (Å²) < 4.78 is 0. The summed E-state index contributed by atoms with van der Waals surface area (Å²) in [5.74, 6) is 0.827. The van der Waals surface area contributed by atoms with Crippen LogP contribution in [0.25, 0.3) is 0 Å². The molecule has 0 saturated carbocycles. The normalized spacial score (nSPS) is 11.5. The summed E-state index contributed by atoms with van der Waals surface area (Å²) in [6.07, 6.45) is 1.91. The van der Waals surface area contributed by atoms with E-state index in [1.165, 1.54) is 5.01 Å². The van der Waals surface area contributed by atoms with Crippen LogP contribution in [0.4, 0.5) is 0 Å². The maximum atomic E-state index is 5.90. The van der Waals surface area contributed by atoms with Gasteiger partial charge in [0.05, 0.1) is 17.2 Å². The first-order chi connectivity index (χ1) is 11.2. The molecule has 1 heterocycles. The number of aromatic nitrogens is 1. The predicted octanol–water partition coefficient (Wildman–Crippen LogP) is 3.66. The van der Waals surface area contributed by atoms with Crippen LogP contribution in [0.15, 0.2) is 34.6 Å². The molecular formula is C17H23ClN4S. The van der Waals surface area contributed by atoms with Gasteiger partial charge >= 0.3 is 0 Å². The Hall–Kier alpha value is -1.59. The molecule has 0 radical (unpaired) electrons. The number of benzene rings is 1. The van der Waals surface area contributed by atoms with Crippen LogP contribution in [0.5, 0.6) is 0 Å². The lowest BCUT2D eigenvalue weighted by atomic mass is 10.2. The van der Waals surface area contributed by atoms with Crippen molar-refractivity contribution >= 4 is 28.9 Å². The largest absolute Gasteiger partial charge is 0.357 e. The SMILES string of the molecule is CCNC(=NCc1ccc(Cl)cc1)NCCc1csc(CC)n1. The van der Waals surface area contributed by atoms with Gasteiger partial charge in [0.1, 0.15) is 0 Å². The van der Waals surface area contributed by atoms with Crippen molar-refractivity contribution in [1.29, 1.82) is 0 Å². The fourth-order valence-corrected chi connectivity index (χ4v) is 2.94. The molecule has 0 saturated heterocycles. The highest BCUT2D eigenvalue weighted by atomic mass is 35.5. The van der Waals surface area contributed by atoms with Gasteiger partial charge in [0, 0.05) is 29.9 Å². The van der Waals surface area contributed by atoms with Gasteiger partial charge in [-0.25, -0.2) is 9.98 Å². The van der Waals surface area contributed by atoms with Crippen molar-refractivity contribution in [3.8, 4) is 0 Å². The number of aryl methyl sites for hydroxylation is 1. The van der Waals surface area contributed by atoms with Crippen LogP contribution in [0, 0.1) is 0 Å². The Morgan fingerprint density at radius 2 is 2.00 bits per heavy atom. The minimum Gasteiger partial charge on any atom is -0.357 e. The number of aliphatic imine (C=N–C) groups is 1. The molecule has 124 valence electrons. The zero-order chi connectivity index (χ0) is 16.5. The van der Waals surface area contributed by atoms with Gasteiger partial charge < -0.3 is 10.6 Å². The minimum absolute atomic E-state index is 0.628. The second kappa shape index (κ2) is 9.53. The van der Waals surface area contributed by atoms with Crippen molar-refractivity contribution in [2.24, 2.45) is 4.99 Å². The molecule has 2 aromatic rings.